The first kappa shape index (κ1) is 13.7. The highest BCUT2D eigenvalue weighted by molar-refractivity contribution is 9.09. The number of nitrogens with one attached hydrogen (secondary N) is 1. The van der Waals surface area contributed by atoms with Gasteiger partial charge in [-0.3, -0.25) is 4.79 Å². The van der Waals surface area contributed by atoms with Crippen molar-refractivity contribution in [2.75, 3.05) is 12.1 Å². The molecule has 20 heavy (non-hydrogen) atoms. The van der Waals surface area contributed by atoms with E-state index in [0.29, 0.717) is 17.1 Å². The van der Waals surface area contributed by atoms with E-state index in [2.05, 4.69) is 21.2 Å². The molecule has 3 rings (SSSR count). The standard InChI is InChI=1S/C15H18BrNO3/c16-9-15(6-2-1-3-7-15)17-14(18)11-4-5-12-13(8-11)20-10-19-12/h4-5,8H,1-3,6-7,9-10H2,(H,17,18). The lowest BCUT2D eigenvalue weighted by atomic mass is 9.83. The number of carbonyl (C=O) groups is 1. The maximum absolute atomic E-state index is 12.4. The van der Waals surface area contributed by atoms with Gasteiger partial charge in [0, 0.05) is 10.9 Å². The molecule has 1 aromatic rings. The molecule has 0 spiro atoms. The van der Waals surface area contributed by atoms with Gasteiger partial charge in [-0.2, -0.15) is 0 Å². The summed E-state index contributed by atoms with van der Waals surface area (Å²) in [7, 11) is 0. The third-order valence-electron chi connectivity index (χ3n) is 4.08. The van der Waals surface area contributed by atoms with E-state index < -0.39 is 0 Å². The molecule has 1 saturated carbocycles. The van der Waals surface area contributed by atoms with Crippen molar-refractivity contribution in [3.05, 3.63) is 23.8 Å². The van der Waals surface area contributed by atoms with Crippen LogP contribution in [0, 0.1) is 0 Å². The molecule has 1 aliphatic heterocycles. The third kappa shape index (κ3) is 2.64. The van der Waals surface area contributed by atoms with Crippen LogP contribution >= 0.6 is 15.9 Å². The normalized spacial score (nSPS) is 19.6. The van der Waals surface area contributed by atoms with E-state index in [9.17, 15) is 4.79 Å². The molecule has 1 fully saturated rings. The number of benzene rings is 1. The fourth-order valence-electron chi connectivity index (χ4n) is 2.87. The molecule has 2 aliphatic rings. The summed E-state index contributed by atoms with van der Waals surface area (Å²) in [5, 5.41) is 4.01. The largest absolute Gasteiger partial charge is 0.454 e. The quantitative estimate of drug-likeness (QED) is 0.860. The van der Waals surface area contributed by atoms with Gasteiger partial charge in [0.1, 0.15) is 0 Å². The number of carbonyl (C=O) groups excluding carboxylic acids is 1. The van der Waals surface area contributed by atoms with Crippen LogP contribution in [0.1, 0.15) is 42.5 Å². The molecule has 4 nitrogen and oxygen atoms in total. The molecule has 0 unspecified atom stereocenters. The van der Waals surface area contributed by atoms with Gasteiger partial charge in [-0.25, -0.2) is 0 Å². The van der Waals surface area contributed by atoms with Gasteiger partial charge in [0.2, 0.25) is 6.79 Å². The van der Waals surface area contributed by atoms with Crippen LogP contribution in [0.5, 0.6) is 11.5 Å². The van der Waals surface area contributed by atoms with E-state index in [1.807, 2.05) is 0 Å². The van der Waals surface area contributed by atoms with Crippen molar-refractivity contribution < 1.29 is 14.3 Å². The lowest BCUT2D eigenvalue weighted by molar-refractivity contribution is 0.0886. The highest BCUT2D eigenvalue weighted by Crippen LogP contribution is 2.33. The predicted molar refractivity (Wildman–Crippen MR) is 79.6 cm³/mol. The Morgan fingerprint density at radius 3 is 2.70 bits per heavy atom. The number of rotatable bonds is 3. The zero-order valence-corrected chi connectivity index (χ0v) is 12.9. The van der Waals surface area contributed by atoms with Crippen LogP contribution in [-0.4, -0.2) is 23.6 Å². The topological polar surface area (TPSA) is 47.6 Å². The van der Waals surface area contributed by atoms with Gasteiger partial charge in [-0.1, -0.05) is 35.2 Å². The Labute approximate surface area is 127 Å². The molecule has 1 heterocycles. The minimum absolute atomic E-state index is 0.0374. The Hall–Kier alpha value is -1.23. The molecule has 1 aliphatic carbocycles. The number of ether oxygens (including phenoxy) is 2. The first-order valence-corrected chi connectivity index (χ1v) is 8.13. The average molecular weight is 340 g/mol. The molecular formula is C15H18BrNO3. The van der Waals surface area contributed by atoms with E-state index in [1.165, 1.54) is 19.3 Å². The Morgan fingerprint density at radius 1 is 1.20 bits per heavy atom. The SMILES string of the molecule is O=C(NC1(CBr)CCCCC1)c1ccc2c(c1)OCO2. The van der Waals surface area contributed by atoms with Crippen LogP contribution < -0.4 is 14.8 Å². The summed E-state index contributed by atoms with van der Waals surface area (Å²) in [6, 6.07) is 5.33. The second-order valence-electron chi connectivity index (χ2n) is 5.50. The third-order valence-corrected chi connectivity index (χ3v) is 5.15. The van der Waals surface area contributed by atoms with E-state index in [4.69, 9.17) is 9.47 Å². The van der Waals surface area contributed by atoms with Crippen molar-refractivity contribution in [3.63, 3.8) is 0 Å². The monoisotopic (exact) mass is 339 g/mol. The maximum atomic E-state index is 12.4. The second kappa shape index (κ2) is 5.64. The average Bonchev–Trinajstić information content (AvgIpc) is 2.95. The molecule has 1 aromatic carbocycles. The van der Waals surface area contributed by atoms with Crippen molar-refractivity contribution in [2.45, 2.75) is 37.6 Å². The molecule has 0 bridgehead atoms. The zero-order valence-electron chi connectivity index (χ0n) is 11.3. The minimum Gasteiger partial charge on any atom is -0.454 e. The van der Waals surface area contributed by atoms with E-state index in [-0.39, 0.29) is 18.2 Å². The van der Waals surface area contributed by atoms with E-state index >= 15 is 0 Å². The van der Waals surface area contributed by atoms with Crippen molar-refractivity contribution in [2.24, 2.45) is 0 Å². The summed E-state index contributed by atoms with van der Waals surface area (Å²) in [6.07, 6.45) is 5.68. The van der Waals surface area contributed by atoms with Crippen molar-refractivity contribution in [1.82, 2.24) is 5.32 Å². The summed E-state index contributed by atoms with van der Waals surface area (Å²) in [5.74, 6) is 1.31. The molecule has 5 heteroatoms. The summed E-state index contributed by atoms with van der Waals surface area (Å²) in [6.45, 7) is 0.228. The first-order chi connectivity index (χ1) is 9.72. The van der Waals surface area contributed by atoms with E-state index in [0.717, 1.165) is 18.2 Å². The van der Waals surface area contributed by atoms with Crippen LogP contribution in [0.3, 0.4) is 0 Å². The zero-order chi connectivity index (χ0) is 14.0. The highest BCUT2D eigenvalue weighted by atomic mass is 79.9. The smallest absolute Gasteiger partial charge is 0.251 e. The lowest BCUT2D eigenvalue weighted by Gasteiger charge is -2.36. The van der Waals surface area contributed by atoms with Gasteiger partial charge in [-0.15, -0.1) is 0 Å². The summed E-state index contributed by atoms with van der Waals surface area (Å²) >= 11 is 3.56. The molecule has 108 valence electrons. The molecule has 0 saturated heterocycles. The van der Waals surface area contributed by atoms with Gasteiger partial charge >= 0.3 is 0 Å². The van der Waals surface area contributed by atoms with E-state index in [1.54, 1.807) is 18.2 Å². The van der Waals surface area contributed by atoms with Crippen LogP contribution in [0.15, 0.2) is 18.2 Å². The second-order valence-corrected chi connectivity index (χ2v) is 6.06. The fraction of sp³-hybridized carbons (Fsp3) is 0.533. The minimum atomic E-state index is -0.105. The van der Waals surface area contributed by atoms with Crippen LogP contribution in [0.2, 0.25) is 0 Å². The van der Waals surface area contributed by atoms with Crippen molar-refractivity contribution in [3.8, 4) is 11.5 Å². The molecule has 1 N–H and O–H groups in total. The summed E-state index contributed by atoms with van der Waals surface area (Å²) < 4.78 is 10.6. The van der Waals surface area contributed by atoms with Crippen LogP contribution in [0.4, 0.5) is 0 Å². The van der Waals surface area contributed by atoms with Crippen LogP contribution in [0.25, 0.3) is 0 Å². The highest BCUT2D eigenvalue weighted by Gasteiger charge is 2.33. The Balaban J connectivity index is 1.75. The fourth-order valence-corrected chi connectivity index (χ4v) is 3.57. The van der Waals surface area contributed by atoms with Gasteiger partial charge < -0.3 is 14.8 Å². The number of amides is 1. The van der Waals surface area contributed by atoms with Crippen molar-refractivity contribution in [1.29, 1.82) is 0 Å². The molecular weight excluding hydrogens is 322 g/mol. The Kier molecular flexibility index (Phi) is 3.87. The molecule has 1 amide bonds. The van der Waals surface area contributed by atoms with Gasteiger partial charge in [0.25, 0.3) is 5.91 Å². The Morgan fingerprint density at radius 2 is 1.95 bits per heavy atom. The lowest BCUT2D eigenvalue weighted by Crippen LogP contribution is -2.51. The molecule has 0 atom stereocenters. The van der Waals surface area contributed by atoms with Gasteiger partial charge in [0.05, 0.1) is 5.54 Å². The maximum Gasteiger partial charge on any atom is 0.251 e. The van der Waals surface area contributed by atoms with Crippen LogP contribution in [-0.2, 0) is 0 Å². The molecule has 0 aromatic heterocycles. The number of fused-ring (bicyclic) bond motifs is 1. The first-order valence-electron chi connectivity index (χ1n) is 7.01. The van der Waals surface area contributed by atoms with Gasteiger partial charge in [-0.05, 0) is 31.0 Å². The number of hydrogen-bond donors (Lipinski definition) is 1. The predicted octanol–water partition coefficient (Wildman–Crippen LogP) is 3.24. The summed E-state index contributed by atoms with van der Waals surface area (Å²) in [5.41, 5.74) is 0.520. The number of alkyl halides is 1. The van der Waals surface area contributed by atoms with Crippen molar-refractivity contribution >= 4 is 21.8 Å². The number of halogens is 1. The molecule has 0 radical (unpaired) electrons. The summed E-state index contributed by atoms with van der Waals surface area (Å²) in [4.78, 5) is 12.4. The number of hydrogen-bond acceptors (Lipinski definition) is 3. The Bertz CT molecular complexity index is 512. The van der Waals surface area contributed by atoms with Gasteiger partial charge in [0.15, 0.2) is 11.5 Å².